The van der Waals surface area contributed by atoms with Gasteiger partial charge in [-0.1, -0.05) is 22.4 Å². The molecule has 0 unspecified atom stereocenters. The summed E-state index contributed by atoms with van der Waals surface area (Å²) in [5.41, 5.74) is 2.82. The fraction of sp³-hybridized carbons (Fsp3) is 0.300. The summed E-state index contributed by atoms with van der Waals surface area (Å²) in [6.45, 7) is 5.66. The van der Waals surface area contributed by atoms with E-state index >= 15 is 0 Å². The van der Waals surface area contributed by atoms with Gasteiger partial charge in [-0.05, 0) is 32.9 Å². The van der Waals surface area contributed by atoms with Gasteiger partial charge in [0.2, 0.25) is 11.3 Å². The van der Waals surface area contributed by atoms with Crippen molar-refractivity contribution in [2.45, 2.75) is 26.4 Å². The maximum Gasteiger partial charge on any atom is 0.408 e. The van der Waals surface area contributed by atoms with Crippen molar-refractivity contribution in [2.75, 3.05) is 6.54 Å². The normalized spacial score (nSPS) is 11.6. The first-order valence-corrected chi connectivity index (χ1v) is 8.93. The number of nitrogens with zero attached hydrogens (tertiary/aromatic N) is 5. The Bertz CT molecular complexity index is 1270. The second-order valence-electron chi connectivity index (χ2n) is 7.39. The standard InChI is InChI=1S/C20H20N6O2/c1-20(2,3)28-19(27)23-10-6-9-14-7-5-8-15-13-25-18-17(21-11-12-22-18)24(4)26(25)16(14)15/h5,7-8,11-13H,10H2,1-4H3/p+1. The first-order valence-electron chi connectivity index (χ1n) is 8.93. The van der Waals surface area contributed by atoms with Crippen LogP contribution in [-0.2, 0) is 11.8 Å². The van der Waals surface area contributed by atoms with Crippen molar-refractivity contribution in [3.63, 3.8) is 0 Å². The number of carbonyl (C=O) groups excluding carboxylic acids is 1. The van der Waals surface area contributed by atoms with E-state index in [1.807, 2.05) is 66.0 Å². The highest BCUT2D eigenvalue weighted by molar-refractivity contribution is 5.82. The van der Waals surface area contributed by atoms with Gasteiger partial charge in [-0.2, -0.15) is 0 Å². The Labute approximate surface area is 161 Å². The molecule has 0 aliphatic heterocycles. The minimum absolute atomic E-state index is 0.200. The average Bonchev–Trinajstić information content (AvgIpc) is 3.14. The van der Waals surface area contributed by atoms with Crippen LogP contribution in [0.25, 0.3) is 22.2 Å². The number of rotatable bonds is 1. The molecule has 0 saturated heterocycles. The van der Waals surface area contributed by atoms with Crippen LogP contribution in [0, 0.1) is 11.8 Å². The number of hydrogen-bond donors (Lipinski definition) is 1. The van der Waals surface area contributed by atoms with E-state index in [0.717, 1.165) is 27.8 Å². The molecule has 0 aliphatic carbocycles. The molecule has 1 aromatic carbocycles. The molecular formula is C20H21N6O2+. The van der Waals surface area contributed by atoms with Gasteiger partial charge in [0, 0.05) is 17.0 Å². The number of para-hydroxylation sites is 1. The Morgan fingerprint density at radius 1 is 1.25 bits per heavy atom. The predicted octanol–water partition coefficient (Wildman–Crippen LogP) is 1.84. The van der Waals surface area contributed by atoms with Crippen molar-refractivity contribution in [1.82, 2.24) is 24.5 Å². The van der Waals surface area contributed by atoms with Gasteiger partial charge in [-0.25, -0.2) is 14.8 Å². The van der Waals surface area contributed by atoms with E-state index < -0.39 is 11.7 Å². The molecule has 3 aromatic heterocycles. The number of carbonyl (C=O) groups is 1. The average molecular weight is 377 g/mol. The largest absolute Gasteiger partial charge is 0.444 e. The molecular weight excluding hydrogens is 356 g/mol. The Balaban J connectivity index is 1.70. The lowest BCUT2D eigenvalue weighted by Gasteiger charge is -2.18. The van der Waals surface area contributed by atoms with E-state index in [4.69, 9.17) is 4.74 Å². The van der Waals surface area contributed by atoms with Gasteiger partial charge < -0.3 is 10.1 Å². The van der Waals surface area contributed by atoms with E-state index in [1.54, 1.807) is 12.4 Å². The summed E-state index contributed by atoms with van der Waals surface area (Å²) in [4.78, 5) is 20.6. The molecule has 4 rings (SSSR count). The quantitative estimate of drug-likeness (QED) is 0.406. The molecule has 0 bridgehead atoms. The minimum Gasteiger partial charge on any atom is -0.444 e. The summed E-state index contributed by atoms with van der Waals surface area (Å²) in [7, 11) is 1.94. The molecule has 8 nitrogen and oxygen atoms in total. The first kappa shape index (κ1) is 17.8. The summed E-state index contributed by atoms with van der Waals surface area (Å²) in [6, 6.07) is 5.94. The fourth-order valence-electron chi connectivity index (χ4n) is 3.10. The van der Waals surface area contributed by atoms with E-state index in [0.29, 0.717) is 0 Å². The Hall–Kier alpha value is -3.60. The van der Waals surface area contributed by atoms with Crippen LogP contribution in [0.4, 0.5) is 4.79 Å². The SMILES string of the molecule is Cn1c2nccnc2n2cc3cccc(C#CCNC(=O)OC(C)(C)C)c3[n+]12. The number of alkyl carbamates (subject to hydrolysis) is 1. The van der Waals surface area contributed by atoms with Gasteiger partial charge in [-0.3, -0.25) is 0 Å². The van der Waals surface area contributed by atoms with Crippen molar-refractivity contribution < 1.29 is 14.2 Å². The second-order valence-corrected chi connectivity index (χ2v) is 7.39. The molecule has 0 radical (unpaired) electrons. The maximum absolute atomic E-state index is 11.7. The molecule has 8 heteroatoms. The molecule has 28 heavy (non-hydrogen) atoms. The van der Waals surface area contributed by atoms with Crippen LogP contribution in [0.5, 0.6) is 0 Å². The topological polar surface area (TPSA) is 77.5 Å². The molecule has 0 aliphatic rings. The summed E-state index contributed by atoms with van der Waals surface area (Å²) in [5, 5.41) is 3.69. The first-order chi connectivity index (χ1) is 13.3. The van der Waals surface area contributed by atoms with Gasteiger partial charge in [0.25, 0.3) is 5.52 Å². The van der Waals surface area contributed by atoms with Crippen LogP contribution >= 0.6 is 0 Å². The Kier molecular flexibility index (Phi) is 4.15. The zero-order valence-electron chi connectivity index (χ0n) is 16.2. The van der Waals surface area contributed by atoms with E-state index in [1.165, 1.54) is 0 Å². The van der Waals surface area contributed by atoms with Crippen molar-refractivity contribution in [3.8, 4) is 11.8 Å². The van der Waals surface area contributed by atoms with Gasteiger partial charge in [0.1, 0.15) is 11.2 Å². The molecule has 142 valence electrons. The number of aryl methyl sites for hydroxylation is 1. The maximum atomic E-state index is 11.7. The molecule has 3 heterocycles. The number of amides is 1. The summed E-state index contributed by atoms with van der Waals surface area (Å²) < 4.78 is 11.1. The van der Waals surface area contributed by atoms with Crippen LogP contribution in [0.1, 0.15) is 26.3 Å². The van der Waals surface area contributed by atoms with Crippen molar-refractivity contribution in [3.05, 3.63) is 42.4 Å². The van der Waals surface area contributed by atoms with Gasteiger partial charge in [0.05, 0.1) is 25.2 Å². The van der Waals surface area contributed by atoms with E-state index in [9.17, 15) is 4.79 Å². The second kappa shape index (κ2) is 6.53. The zero-order valence-corrected chi connectivity index (χ0v) is 16.2. The number of nitrogens with one attached hydrogen (secondary N) is 1. The molecule has 4 aromatic rings. The summed E-state index contributed by atoms with van der Waals surface area (Å²) in [5.74, 6) is 6.14. The van der Waals surface area contributed by atoms with Crippen LogP contribution < -0.4 is 9.95 Å². The van der Waals surface area contributed by atoms with Crippen LogP contribution in [-0.4, -0.2) is 37.4 Å². The lowest BCUT2D eigenvalue weighted by Crippen LogP contribution is -2.35. The van der Waals surface area contributed by atoms with Crippen molar-refractivity contribution in [2.24, 2.45) is 7.05 Å². The highest BCUT2D eigenvalue weighted by Gasteiger charge is 2.24. The molecule has 0 fully saturated rings. The van der Waals surface area contributed by atoms with Gasteiger partial charge in [-0.15, -0.1) is 4.68 Å². The molecule has 1 N–H and O–H groups in total. The van der Waals surface area contributed by atoms with Gasteiger partial charge >= 0.3 is 6.09 Å². The number of benzene rings is 1. The number of hydrogen-bond acceptors (Lipinski definition) is 4. The van der Waals surface area contributed by atoms with E-state index in [2.05, 4.69) is 27.1 Å². The molecule has 0 atom stereocenters. The number of fused-ring (bicyclic) bond motifs is 5. The monoisotopic (exact) mass is 377 g/mol. The third-order valence-electron chi connectivity index (χ3n) is 4.14. The lowest BCUT2D eigenvalue weighted by molar-refractivity contribution is -0.671. The molecule has 1 amide bonds. The van der Waals surface area contributed by atoms with Crippen LogP contribution in [0.15, 0.2) is 36.8 Å². The Morgan fingerprint density at radius 2 is 2.00 bits per heavy atom. The summed E-state index contributed by atoms with van der Waals surface area (Å²) in [6.07, 6.45) is 4.88. The van der Waals surface area contributed by atoms with Crippen LogP contribution in [0.2, 0.25) is 0 Å². The smallest absolute Gasteiger partial charge is 0.408 e. The summed E-state index contributed by atoms with van der Waals surface area (Å²) >= 11 is 0. The number of aromatic nitrogens is 5. The van der Waals surface area contributed by atoms with Gasteiger partial charge in [0.15, 0.2) is 0 Å². The van der Waals surface area contributed by atoms with E-state index in [-0.39, 0.29) is 6.54 Å². The highest BCUT2D eigenvalue weighted by Crippen LogP contribution is 2.17. The molecule has 0 saturated carbocycles. The lowest BCUT2D eigenvalue weighted by atomic mass is 10.1. The predicted molar refractivity (Wildman–Crippen MR) is 104 cm³/mol. The minimum atomic E-state index is -0.533. The third kappa shape index (κ3) is 3.11. The van der Waals surface area contributed by atoms with Crippen molar-refractivity contribution in [1.29, 1.82) is 0 Å². The third-order valence-corrected chi connectivity index (χ3v) is 4.14. The zero-order chi connectivity index (χ0) is 19.9. The highest BCUT2D eigenvalue weighted by atomic mass is 16.6. The Morgan fingerprint density at radius 3 is 2.75 bits per heavy atom. The van der Waals surface area contributed by atoms with Crippen LogP contribution in [0.3, 0.4) is 0 Å². The molecule has 0 spiro atoms. The number of ether oxygens (including phenoxy) is 1. The fourth-order valence-corrected chi connectivity index (χ4v) is 3.10. The van der Waals surface area contributed by atoms with Crippen molar-refractivity contribution >= 4 is 28.3 Å².